The standard InChI is InChI=1S/C16H32O/c1-5-9-11-15(7-3)13-17-14-16(8-4)12-10-6-2/h13,16H,5-12,14H2,1-4H3/b15-13+/t16-/m1/s1. The fourth-order valence-corrected chi connectivity index (χ4v) is 1.92. The Morgan fingerprint density at radius 2 is 1.76 bits per heavy atom. The number of unbranched alkanes of at least 4 members (excludes halogenated alkanes) is 2. The lowest BCUT2D eigenvalue weighted by Crippen LogP contribution is -2.06. The monoisotopic (exact) mass is 240 g/mol. The molecule has 0 saturated carbocycles. The van der Waals surface area contributed by atoms with Crippen molar-refractivity contribution >= 4 is 0 Å². The van der Waals surface area contributed by atoms with Crippen molar-refractivity contribution in [3.63, 3.8) is 0 Å². The van der Waals surface area contributed by atoms with E-state index in [4.69, 9.17) is 4.74 Å². The Morgan fingerprint density at radius 3 is 2.29 bits per heavy atom. The van der Waals surface area contributed by atoms with Crippen LogP contribution < -0.4 is 0 Å². The molecule has 0 amide bonds. The first-order valence-electron chi connectivity index (χ1n) is 7.57. The lowest BCUT2D eigenvalue weighted by atomic mass is 10.0. The Labute approximate surface area is 109 Å². The first kappa shape index (κ1) is 16.5. The van der Waals surface area contributed by atoms with Crippen LogP contribution in [0, 0.1) is 5.92 Å². The third-order valence-electron chi connectivity index (χ3n) is 3.43. The molecule has 0 N–H and O–H groups in total. The first-order valence-corrected chi connectivity index (χ1v) is 7.57. The summed E-state index contributed by atoms with van der Waals surface area (Å²) in [6.07, 6.45) is 12.1. The van der Waals surface area contributed by atoms with Gasteiger partial charge in [-0.2, -0.15) is 0 Å². The van der Waals surface area contributed by atoms with E-state index in [-0.39, 0.29) is 0 Å². The van der Waals surface area contributed by atoms with Gasteiger partial charge in [-0.15, -0.1) is 0 Å². The zero-order chi connectivity index (χ0) is 12.9. The molecule has 0 aliphatic heterocycles. The van der Waals surface area contributed by atoms with Crippen molar-refractivity contribution in [1.29, 1.82) is 0 Å². The zero-order valence-electron chi connectivity index (χ0n) is 12.4. The van der Waals surface area contributed by atoms with E-state index in [1.54, 1.807) is 0 Å². The molecule has 0 rings (SSSR count). The Kier molecular flexibility index (Phi) is 11.7. The maximum atomic E-state index is 5.77. The van der Waals surface area contributed by atoms with Crippen LogP contribution in [0.15, 0.2) is 11.8 Å². The van der Waals surface area contributed by atoms with Gasteiger partial charge in [-0.3, -0.25) is 0 Å². The van der Waals surface area contributed by atoms with E-state index in [0.717, 1.165) is 18.9 Å². The average Bonchev–Trinajstić information content (AvgIpc) is 2.37. The summed E-state index contributed by atoms with van der Waals surface area (Å²) in [5.74, 6) is 0.746. The number of ether oxygens (including phenoxy) is 1. The van der Waals surface area contributed by atoms with Crippen molar-refractivity contribution in [3.05, 3.63) is 11.8 Å². The summed E-state index contributed by atoms with van der Waals surface area (Å²) < 4.78 is 5.77. The average molecular weight is 240 g/mol. The molecule has 0 bridgehead atoms. The van der Waals surface area contributed by atoms with Gasteiger partial charge in [0.2, 0.25) is 0 Å². The summed E-state index contributed by atoms with van der Waals surface area (Å²) in [7, 11) is 0. The smallest absolute Gasteiger partial charge is 0.0901 e. The van der Waals surface area contributed by atoms with E-state index in [1.807, 2.05) is 6.26 Å². The molecule has 0 heterocycles. The second-order valence-corrected chi connectivity index (χ2v) is 4.98. The van der Waals surface area contributed by atoms with Crippen molar-refractivity contribution in [3.8, 4) is 0 Å². The fourth-order valence-electron chi connectivity index (χ4n) is 1.92. The Balaban J connectivity index is 3.84. The van der Waals surface area contributed by atoms with E-state index in [1.165, 1.54) is 50.5 Å². The minimum absolute atomic E-state index is 0.746. The van der Waals surface area contributed by atoms with Gasteiger partial charge in [0, 0.05) is 0 Å². The second kappa shape index (κ2) is 12.0. The zero-order valence-corrected chi connectivity index (χ0v) is 12.4. The second-order valence-electron chi connectivity index (χ2n) is 4.98. The van der Waals surface area contributed by atoms with Gasteiger partial charge in [-0.1, -0.05) is 53.4 Å². The van der Waals surface area contributed by atoms with E-state index >= 15 is 0 Å². The number of allylic oxidation sites excluding steroid dienone is 1. The fraction of sp³-hybridized carbons (Fsp3) is 0.875. The maximum Gasteiger partial charge on any atom is 0.0901 e. The van der Waals surface area contributed by atoms with E-state index < -0.39 is 0 Å². The van der Waals surface area contributed by atoms with Crippen LogP contribution in [0.5, 0.6) is 0 Å². The molecule has 102 valence electrons. The molecule has 0 aromatic heterocycles. The van der Waals surface area contributed by atoms with Crippen molar-refractivity contribution in [2.24, 2.45) is 5.92 Å². The van der Waals surface area contributed by atoms with Crippen LogP contribution in [0.3, 0.4) is 0 Å². The molecule has 0 fully saturated rings. The van der Waals surface area contributed by atoms with E-state index in [0.29, 0.717) is 0 Å². The van der Waals surface area contributed by atoms with Gasteiger partial charge in [0.25, 0.3) is 0 Å². The molecule has 0 aromatic carbocycles. The summed E-state index contributed by atoms with van der Waals surface area (Å²) in [5.41, 5.74) is 1.47. The molecule has 0 aliphatic carbocycles. The summed E-state index contributed by atoms with van der Waals surface area (Å²) in [4.78, 5) is 0. The van der Waals surface area contributed by atoms with Gasteiger partial charge in [0.15, 0.2) is 0 Å². The van der Waals surface area contributed by atoms with E-state index in [2.05, 4.69) is 27.7 Å². The molecule has 0 unspecified atom stereocenters. The molecule has 0 aliphatic rings. The Bertz CT molecular complexity index is 184. The maximum absolute atomic E-state index is 5.77. The first-order chi connectivity index (χ1) is 8.28. The third-order valence-corrected chi connectivity index (χ3v) is 3.43. The number of rotatable bonds is 11. The molecule has 0 radical (unpaired) electrons. The molecule has 1 atom stereocenters. The highest BCUT2D eigenvalue weighted by Gasteiger charge is 2.05. The van der Waals surface area contributed by atoms with E-state index in [9.17, 15) is 0 Å². The molecule has 0 aromatic rings. The largest absolute Gasteiger partial charge is 0.501 e. The number of hydrogen-bond donors (Lipinski definition) is 0. The number of hydrogen-bond acceptors (Lipinski definition) is 1. The normalized spacial score (nSPS) is 13.8. The highest BCUT2D eigenvalue weighted by molar-refractivity contribution is 4.96. The van der Waals surface area contributed by atoms with Crippen molar-refractivity contribution in [2.75, 3.05) is 6.61 Å². The summed E-state index contributed by atoms with van der Waals surface area (Å²) in [5, 5.41) is 0. The predicted molar refractivity (Wildman–Crippen MR) is 77.2 cm³/mol. The van der Waals surface area contributed by atoms with Crippen LogP contribution in [0.25, 0.3) is 0 Å². The predicted octanol–water partition coefficient (Wildman–Crippen LogP) is 5.70. The van der Waals surface area contributed by atoms with Gasteiger partial charge in [-0.05, 0) is 37.2 Å². The van der Waals surface area contributed by atoms with Crippen LogP contribution in [0.2, 0.25) is 0 Å². The SMILES string of the molecule is CCCC/C(=C/OC[C@H](CC)CCCC)CC. The lowest BCUT2D eigenvalue weighted by Gasteiger charge is -2.14. The molecule has 0 spiro atoms. The Morgan fingerprint density at radius 1 is 1.06 bits per heavy atom. The van der Waals surface area contributed by atoms with Crippen LogP contribution in [-0.4, -0.2) is 6.61 Å². The van der Waals surface area contributed by atoms with Crippen molar-refractivity contribution in [1.82, 2.24) is 0 Å². The van der Waals surface area contributed by atoms with Gasteiger partial charge >= 0.3 is 0 Å². The summed E-state index contributed by atoms with van der Waals surface area (Å²) in [6, 6.07) is 0. The third kappa shape index (κ3) is 9.26. The topological polar surface area (TPSA) is 9.23 Å². The molecule has 1 nitrogen and oxygen atoms in total. The van der Waals surface area contributed by atoms with Crippen molar-refractivity contribution in [2.45, 2.75) is 79.1 Å². The molecule has 1 heteroatoms. The lowest BCUT2D eigenvalue weighted by molar-refractivity contribution is 0.180. The summed E-state index contributed by atoms with van der Waals surface area (Å²) >= 11 is 0. The highest BCUT2D eigenvalue weighted by Crippen LogP contribution is 2.15. The highest BCUT2D eigenvalue weighted by atomic mass is 16.5. The quantitative estimate of drug-likeness (QED) is 0.421. The molecular weight excluding hydrogens is 208 g/mol. The van der Waals surface area contributed by atoms with Crippen molar-refractivity contribution < 1.29 is 4.74 Å². The molecule has 0 saturated heterocycles. The van der Waals surface area contributed by atoms with Gasteiger partial charge < -0.3 is 4.74 Å². The Hall–Kier alpha value is -0.460. The van der Waals surface area contributed by atoms with Crippen LogP contribution in [-0.2, 0) is 4.74 Å². The molecule has 17 heavy (non-hydrogen) atoms. The van der Waals surface area contributed by atoms with Gasteiger partial charge in [0.1, 0.15) is 0 Å². The van der Waals surface area contributed by atoms with Gasteiger partial charge in [-0.25, -0.2) is 0 Å². The van der Waals surface area contributed by atoms with Crippen LogP contribution in [0.4, 0.5) is 0 Å². The summed E-state index contributed by atoms with van der Waals surface area (Å²) in [6.45, 7) is 9.90. The van der Waals surface area contributed by atoms with Gasteiger partial charge in [0.05, 0.1) is 12.9 Å². The minimum Gasteiger partial charge on any atom is -0.501 e. The molecular formula is C16H32O. The van der Waals surface area contributed by atoms with Crippen LogP contribution in [0.1, 0.15) is 79.1 Å². The van der Waals surface area contributed by atoms with Crippen LogP contribution >= 0.6 is 0 Å². The minimum atomic E-state index is 0.746.